The number of Topliss-reactive ketones (excluding diaryl/α,β-unsaturated/α-hetero) is 1. The summed E-state index contributed by atoms with van der Waals surface area (Å²) in [7, 11) is -3.64. The molecule has 0 radical (unpaired) electrons. The molecule has 0 saturated carbocycles. The summed E-state index contributed by atoms with van der Waals surface area (Å²) in [6.45, 7) is 2.55. The van der Waals surface area contributed by atoms with E-state index in [1.54, 1.807) is 6.07 Å². The molecule has 1 spiro atoms. The smallest absolute Gasteiger partial charge is 0.218 e. The van der Waals surface area contributed by atoms with Crippen molar-refractivity contribution in [3.05, 3.63) is 65.0 Å². The van der Waals surface area contributed by atoms with E-state index in [1.807, 2.05) is 25.1 Å². The quantitative estimate of drug-likeness (QED) is 0.761. The van der Waals surface area contributed by atoms with Gasteiger partial charge in [0, 0.05) is 31.5 Å². The first-order chi connectivity index (χ1) is 13.8. The maximum atomic E-state index is 13.9. The first kappa shape index (κ1) is 20.0. The lowest BCUT2D eigenvalue weighted by Crippen LogP contribution is -2.52. The summed E-state index contributed by atoms with van der Waals surface area (Å²) < 4.78 is 47.0. The van der Waals surface area contributed by atoms with Gasteiger partial charge in [0.1, 0.15) is 17.2 Å². The summed E-state index contributed by atoms with van der Waals surface area (Å²) in [6, 6.07) is 11.6. The van der Waals surface area contributed by atoms with E-state index in [4.69, 9.17) is 4.74 Å². The number of nitrogens with zero attached hydrogens (tertiary/aromatic N) is 1. The molecule has 2 aliphatic rings. The minimum Gasteiger partial charge on any atom is -0.486 e. The van der Waals surface area contributed by atoms with Crippen LogP contribution in [-0.4, -0.2) is 37.2 Å². The molecule has 0 unspecified atom stereocenters. The van der Waals surface area contributed by atoms with Crippen LogP contribution in [-0.2, 0) is 22.2 Å². The highest BCUT2D eigenvalue weighted by molar-refractivity contribution is 7.88. The normalized spacial score (nSPS) is 19.0. The van der Waals surface area contributed by atoms with Crippen LogP contribution in [0.4, 0.5) is 4.39 Å². The van der Waals surface area contributed by atoms with Crippen LogP contribution in [0.3, 0.4) is 0 Å². The molecule has 0 bridgehead atoms. The van der Waals surface area contributed by atoms with E-state index < -0.39 is 21.4 Å². The zero-order chi connectivity index (χ0) is 20.6. The lowest BCUT2D eigenvalue weighted by molar-refractivity contribution is 0.00586. The third-order valence-electron chi connectivity index (χ3n) is 5.88. The van der Waals surface area contributed by atoms with Gasteiger partial charge in [-0.15, -0.1) is 0 Å². The second-order valence-electron chi connectivity index (χ2n) is 7.82. The van der Waals surface area contributed by atoms with Crippen LogP contribution in [0.1, 0.15) is 47.7 Å². The predicted molar refractivity (Wildman–Crippen MR) is 108 cm³/mol. The van der Waals surface area contributed by atoms with Crippen LogP contribution in [0.15, 0.2) is 42.5 Å². The number of fused-ring (bicyclic) bond motifs is 1. The van der Waals surface area contributed by atoms with Gasteiger partial charge in [-0.25, -0.2) is 17.1 Å². The highest BCUT2D eigenvalue weighted by Gasteiger charge is 2.44. The number of rotatable bonds is 4. The monoisotopic (exact) mass is 417 g/mol. The summed E-state index contributed by atoms with van der Waals surface area (Å²) in [4.78, 5) is 12.7. The van der Waals surface area contributed by atoms with Gasteiger partial charge in [-0.1, -0.05) is 31.2 Å². The fraction of sp³-hybridized carbons (Fsp3) is 0.409. The van der Waals surface area contributed by atoms with Crippen LogP contribution in [0.5, 0.6) is 5.75 Å². The number of benzene rings is 2. The van der Waals surface area contributed by atoms with Crippen LogP contribution >= 0.6 is 0 Å². The van der Waals surface area contributed by atoms with E-state index in [0.717, 1.165) is 12.0 Å². The third-order valence-corrected chi connectivity index (χ3v) is 7.71. The number of hydrogen-bond donors (Lipinski definition) is 0. The molecule has 2 heterocycles. The summed E-state index contributed by atoms with van der Waals surface area (Å²) in [5, 5.41) is 0. The Bertz CT molecular complexity index is 1040. The number of sulfonamides is 1. The zero-order valence-electron chi connectivity index (χ0n) is 16.4. The van der Waals surface area contributed by atoms with Gasteiger partial charge >= 0.3 is 0 Å². The number of carbonyl (C=O) groups excluding carboxylic acids is 1. The molecule has 1 saturated heterocycles. The van der Waals surface area contributed by atoms with Crippen molar-refractivity contribution in [1.82, 2.24) is 4.31 Å². The Morgan fingerprint density at radius 1 is 1.14 bits per heavy atom. The largest absolute Gasteiger partial charge is 0.486 e. The van der Waals surface area contributed by atoms with Crippen molar-refractivity contribution in [2.45, 2.75) is 44.0 Å². The molecule has 5 nitrogen and oxygen atoms in total. The van der Waals surface area contributed by atoms with Crippen LogP contribution in [0, 0.1) is 5.82 Å². The third kappa shape index (κ3) is 3.94. The number of aryl methyl sites for hydroxylation is 1. The van der Waals surface area contributed by atoms with Crippen molar-refractivity contribution in [3.63, 3.8) is 0 Å². The van der Waals surface area contributed by atoms with Crippen molar-refractivity contribution in [1.29, 1.82) is 0 Å². The molecule has 2 aromatic rings. The highest BCUT2D eigenvalue weighted by atomic mass is 32.2. The number of ketones is 1. The van der Waals surface area contributed by atoms with Crippen molar-refractivity contribution < 1.29 is 22.3 Å². The van der Waals surface area contributed by atoms with Crippen molar-refractivity contribution in [2.24, 2.45) is 0 Å². The minimum atomic E-state index is -3.64. The second-order valence-corrected chi connectivity index (χ2v) is 9.78. The highest BCUT2D eigenvalue weighted by Crippen LogP contribution is 2.40. The number of carbonyl (C=O) groups is 1. The molecule has 7 heteroatoms. The molecule has 0 aliphatic carbocycles. The Labute approximate surface area is 170 Å². The van der Waals surface area contributed by atoms with Gasteiger partial charge in [0.25, 0.3) is 0 Å². The lowest BCUT2D eigenvalue weighted by Gasteiger charge is -2.43. The zero-order valence-corrected chi connectivity index (χ0v) is 17.2. The van der Waals surface area contributed by atoms with Gasteiger partial charge in [-0.3, -0.25) is 4.79 Å². The second kappa shape index (κ2) is 7.54. The number of halogens is 1. The van der Waals surface area contributed by atoms with Gasteiger partial charge in [0.15, 0.2) is 5.78 Å². The predicted octanol–water partition coefficient (Wildman–Crippen LogP) is 3.72. The van der Waals surface area contributed by atoms with Gasteiger partial charge in [-0.05, 0) is 30.2 Å². The van der Waals surface area contributed by atoms with Crippen molar-refractivity contribution in [2.75, 3.05) is 13.1 Å². The Kier molecular flexibility index (Phi) is 5.21. The number of piperidine rings is 1. The Balaban J connectivity index is 1.47. The van der Waals surface area contributed by atoms with Crippen molar-refractivity contribution >= 4 is 15.8 Å². The SMILES string of the molecule is CCc1ccc2c(c1)C(=O)CC1(CCN(S(=O)(=O)Cc3ccccc3F)CC1)O2. The average Bonchev–Trinajstić information content (AvgIpc) is 2.70. The Morgan fingerprint density at radius 3 is 2.55 bits per heavy atom. The van der Waals surface area contributed by atoms with Crippen LogP contribution < -0.4 is 4.74 Å². The van der Waals surface area contributed by atoms with E-state index in [2.05, 4.69) is 0 Å². The van der Waals surface area contributed by atoms with Gasteiger partial charge in [-0.2, -0.15) is 0 Å². The Hall–Kier alpha value is -2.25. The van der Waals surface area contributed by atoms with Crippen molar-refractivity contribution in [3.8, 4) is 5.75 Å². The topological polar surface area (TPSA) is 63.7 Å². The fourth-order valence-corrected chi connectivity index (χ4v) is 5.66. The molecule has 0 amide bonds. The maximum Gasteiger partial charge on any atom is 0.218 e. The molecule has 2 aliphatic heterocycles. The summed E-state index contributed by atoms with van der Waals surface area (Å²) in [5.74, 6) is -0.256. The van der Waals surface area contributed by atoms with Crippen LogP contribution in [0.25, 0.3) is 0 Å². The van der Waals surface area contributed by atoms with Crippen LogP contribution in [0.2, 0.25) is 0 Å². The molecule has 154 valence electrons. The van der Waals surface area contributed by atoms with Gasteiger partial charge in [0.2, 0.25) is 10.0 Å². The van der Waals surface area contributed by atoms with E-state index in [1.165, 1.54) is 22.5 Å². The van der Waals surface area contributed by atoms with Gasteiger partial charge in [0.05, 0.1) is 17.7 Å². The molecular formula is C22H24FNO4S. The summed E-state index contributed by atoms with van der Waals surface area (Å²) >= 11 is 0. The molecule has 1 fully saturated rings. The molecule has 0 atom stereocenters. The first-order valence-corrected chi connectivity index (χ1v) is 11.5. The molecule has 0 aromatic heterocycles. The molecule has 29 heavy (non-hydrogen) atoms. The average molecular weight is 418 g/mol. The standard InChI is InChI=1S/C22H24FNO4S/c1-2-16-7-8-21-18(13-16)20(25)14-22(28-21)9-11-24(12-10-22)29(26,27)15-17-5-3-4-6-19(17)23/h3-8,13H,2,9-12,14-15H2,1H3. The van der Waals surface area contributed by atoms with E-state index >= 15 is 0 Å². The van der Waals surface area contributed by atoms with Gasteiger partial charge < -0.3 is 4.74 Å². The van der Waals surface area contributed by atoms with E-state index in [9.17, 15) is 17.6 Å². The maximum absolute atomic E-state index is 13.9. The Morgan fingerprint density at radius 2 is 1.86 bits per heavy atom. The molecule has 0 N–H and O–H groups in total. The van der Waals surface area contributed by atoms with E-state index in [-0.39, 0.29) is 36.6 Å². The molecule has 4 rings (SSSR count). The van der Waals surface area contributed by atoms with E-state index in [0.29, 0.717) is 24.2 Å². The number of hydrogen-bond acceptors (Lipinski definition) is 4. The first-order valence-electron chi connectivity index (χ1n) is 9.88. The molecular weight excluding hydrogens is 393 g/mol. The fourth-order valence-electron chi connectivity index (χ4n) is 4.12. The summed E-state index contributed by atoms with van der Waals surface area (Å²) in [5.41, 5.74) is 1.20. The molecule has 2 aromatic carbocycles. The number of ether oxygens (including phenoxy) is 1. The minimum absolute atomic E-state index is 0.0456. The lowest BCUT2D eigenvalue weighted by atomic mass is 9.82. The summed E-state index contributed by atoms with van der Waals surface area (Å²) in [6.07, 6.45) is 1.98.